The quantitative estimate of drug-likeness (QED) is 0.614. The van der Waals surface area contributed by atoms with Gasteiger partial charge in [-0.25, -0.2) is 0 Å². The summed E-state index contributed by atoms with van der Waals surface area (Å²) in [4.78, 5) is 0. The molecule has 0 aliphatic carbocycles. The lowest BCUT2D eigenvalue weighted by atomic mass is 9.80. The van der Waals surface area contributed by atoms with Crippen molar-refractivity contribution in [2.45, 2.75) is 59.9 Å². The average molecular weight is 245 g/mol. The first kappa shape index (κ1) is 16.9. The number of nitrogens with one attached hydrogen (secondary N) is 1. The van der Waals surface area contributed by atoms with Gasteiger partial charge in [-0.3, -0.25) is 0 Å². The van der Waals surface area contributed by atoms with E-state index in [1.165, 1.54) is 0 Å². The van der Waals surface area contributed by atoms with Crippen LogP contribution in [0.5, 0.6) is 0 Å². The van der Waals surface area contributed by atoms with E-state index < -0.39 is 0 Å². The molecule has 17 heavy (non-hydrogen) atoms. The molecule has 0 saturated heterocycles. The normalized spacial score (nSPS) is 15.0. The van der Waals surface area contributed by atoms with Crippen molar-refractivity contribution < 1.29 is 10.2 Å². The lowest BCUT2D eigenvalue weighted by molar-refractivity contribution is 0.0967. The minimum Gasteiger partial charge on any atom is -0.396 e. The number of rotatable bonds is 8. The fourth-order valence-corrected chi connectivity index (χ4v) is 2.09. The van der Waals surface area contributed by atoms with Gasteiger partial charge in [-0.05, 0) is 24.7 Å². The van der Waals surface area contributed by atoms with Crippen LogP contribution in [0.4, 0.5) is 0 Å². The van der Waals surface area contributed by atoms with Crippen molar-refractivity contribution in [3.63, 3.8) is 0 Å². The van der Waals surface area contributed by atoms with Crippen LogP contribution in [0.15, 0.2) is 0 Å². The van der Waals surface area contributed by atoms with E-state index in [1.54, 1.807) is 0 Å². The molecule has 0 aromatic rings. The van der Waals surface area contributed by atoms with Crippen molar-refractivity contribution in [2.75, 3.05) is 19.8 Å². The van der Waals surface area contributed by atoms with E-state index in [0.29, 0.717) is 0 Å². The first-order valence-electron chi connectivity index (χ1n) is 6.80. The summed E-state index contributed by atoms with van der Waals surface area (Å²) in [5, 5.41) is 22.2. The van der Waals surface area contributed by atoms with E-state index in [1.807, 2.05) is 0 Å². The highest BCUT2D eigenvalue weighted by Gasteiger charge is 2.29. The molecule has 3 heteroatoms. The molecule has 1 atom stereocenters. The molecule has 0 rings (SSSR count). The van der Waals surface area contributed by atoms with E-state index in [9.17, 15) is 5.11 Å². The zero-order chi connectivity index (χ0) is 13.5. The van der Waals surface area contributed by atoms with Gasteiger partial charge in [0.15, 0.2) is 0 Å². The fraction of sp³-hybridized carbons (Fsp3) is 1.00. The molecular formula is C14H31NO2. The van der Waals surface area contributed by atoms with Gasteiger partial charge in [0.1, 0.15) is 0 Å². The Labute approximate surface area is 107 Å². The molecule has 1 unspecified atom stereocenters. The van der Waals surface area contributed by atoms with Gasteiger partial charge in [0.05, 0.1) is 0 Å². The maximum atomic E-state index is 9.53. The summed E-state index contributed by atoms with van der Waals surface area (Å²) >= 11 is 0. The first-order chi connectivity index (χ1) is 7.85. The van der Waals surface area contributed by atoms with Crippen LogP contribution in [0, 0.1) is 10.8 Å². The molecule has 3 N–H and O–H groups in total. The second-order valence-corrected chi connectivity index (χ2v) is 6.18. The van der Waals surface area contributed by atoms with Crippen LogP contribution in [0.3, 0.4) is 0 Å². The van der Waals surface area contributed by atoms with Crippen molar-refractivity contribution >= 4 is 0 Å². The zero-order valence-electron chi connectivity index (χ0n) is 12.2. The molecule has 3 nitrogen and oxygen atoms in total. The van der Waals surface area contributed by atoms with Crippen molar-refractivity contribution in [2.24, 2.45) is 10.8 Å². The van der Waals surface area contributed by atoms with Crippen LogP contribution in [-0.2, 0) is 0 Å². The summed E-state index contributed by atoms with van der Waals surface area (Å²) in [5.41, 5.74) is 0.115. The fourth-order valence-electron chi connectivity index (χ4n) is 2.09. The van der Waals surface area contributed by atoms with Crippen molar-refractivity contribution in [1.29, 1.82) is 0 Å². The first-order valence-corrected chi connectivity index (χ1v) is 6.80. The number of aliphatic hydroxyl groups excluding tert-OH is 2. The summed E-state index contributed by atoms with van der Waals surface area (Å²) in [6, 6.07) is 0.288. The molecule has 0 aliphatic rings. The summed E-state index contributed by atoms with van der Waals surface area (Å²) in [6.07, 6.45) is 2.71. The Morgan fingerprint density at radius 1 is 1.06 bits per heavy atom. The highest BCUT2D eigenvalue weighted by molar-refractivity contribution is 4.85. The molecule has 0 amide bonds. The molecule has 0 aromatic heterocycles. The van der Waals surface area contributed by atoms with E-state index in [2.05, 4.69) is 39.9 Å². The Morgan fingerprint density at radius 3 is 1.88 bits per heavy atom. The Bertz CT molecular complexity index is 187. The molecule has 0 bridgehead atoms. The highest BCUT2D eigenvalue weighted by atomic mass is 16.3. The van der Waals surface area contributed by atoms with Gasteiger partial charge < -0.3 is 15.5 Å². The lowest BCUT2D eigenvalue weighted by Crippen LogP contribution is -2.47. The monoisotopic (exact) mass is 245 g/mol. The van der Waals surface area contributed by atoms with Gasteiger partial charge in [-0.15, -0.1) is 0 Å². The molecule has 0 aliphatic heterocycles. The maximum absolute atomic E-state index is 9.53. The second-order valence-electron chi connectivity index (χ2n) is 6.18. The lowest BCUT2D eigenvalue weighted by Gasteiger charge is -2.36. The van der Waals surface area contributed by atoms with Crippen molar-refractivity contribution in [3.8, 4) is 0 Å². The number of hydrogen-bond donors (Lipinski definition) is 3. The van der Waals surface area contributed by atoms with Crippen LogP contribution in [0.2, 0.25) is 0 Å². The van der Waals surface area contributed by atoms with Crippen LogP contribution < -0.4 is 5.32 Å². The van der Waals surface area contributed by atoms with Gasteiger partial charge in [0.25, 0.3) is 0 Å². The Hall–Kier alpha value is -0.120. The third-order valence-corrected chi connectivity index (χ3v) is 4.02. The summed E-state index contributed by atoms with van der Waals surface area (Å²) in [5.74, 6) is 0. The Kier molecular flexibility index (Phi) is 7.29. The van der Waals surface area contributed by atoms with Gasteiger partial charge >= 0.3 is 0 Å². The van der Waals surface area contributed by atoms with E-state index in [0.717, 1.165) is 25.8 Å². The molecule has 0 saturated carbocycles. The number of hydrogen-bond acceptors (Lipinski definition) is 3. The van der Waals surface area contributed by atoms with Crippen LogP contribution in [-0.4, -0.2) is 36.0 Å². The van der Waals surface area contributed by atoms with E-state index in [4.69, 9.17) is 5.11 Å². The smallest absolute Gasteiger partial charge is 0.0499 e. The van der Waals surface area contributed by atoms with E-state index in [-0.39, 0.29) is 30.1 Å². The zero-order valence-corrected chi connectivity index (χ0v) is 12.2. The molecular weight excluding hydrogens is 214 g/mol. The molecule has 0 radical (unpaired) electrons. The Morgan fingerprint density at radius 2 is 1.59 bits per heavy atom. The van der Waals surface area contributed by atoms with Gasteiger partial charge in [0, 0.05) is 31.2 Å². The van der Waals surface area contributed by atoms with Crippen LogP contribution in [0.25, 0.3) is 0 Å². The maximum Gasteiger partial charge on any atom is 0.0499 e. The minimum absolute atomic E-state index is 0.0149. The Balaban J connectivity index is 4.47. The van der Waals surface area contributed by atoms with Crippen LogP contribution >= 0.6 is 0 Å². The SMILES string of the molecule is CCC(CC)(CO)CNC(CCO)C(C)(C)C. The third kappa shape index (κ3) is 5.36. The largest absolute Gasteiger partial charge is 0.396 e. The molecule has 0 heterocycles. The summed E-state index contributed by atoms with van der Waals surface area (Å²) in [6.45, 7) is 12.0. The molecule has 104 valence electrons. The summed E-state index contributed by atoms with van der Waals surface area (Å²) in [7, 11) is 0. The minimum atomic E-state index is -0.0149. The standard InChI is InChI=1S/C14H31NO2/c1-6-14(7-2,11-17)10-15-12(8-9-16)13(3,4)5/h12,15-17H,6-11H2,1-5H3. The van der Waals surface area contributed by atoms with Crippen molar-refractivity contribution in [3.05, 3.63) is 0 Å². The molecule has 0 fully saturated rings. The van der Waals surface area contributed by atoms with Crippen molar-refractivity contribution in [1.82, 2.24) is 5.32 Å². The third-order valence-electron chi connectivity index (χ3n) is 4.02. The van der Waals surface area contributed by atoms with Crippen LogP contribution in [0.1, 0.15) is 53.9 Å². The topological polar surface area (TPSA) is 52.5 Å². The molecule has 0 spiro atoms. The summed E-state index contributed by atoms with van der Waals surface area (Å²) < 4.78 is 0. The van der Waals surface area contributed by atoms with Gasteiger partial charge in [0.2, 0.25) is 0 Å². The number of aliphatic hydroxyl groups is 2. The van der Waals surface area contributed by atoms with Gasteiger partial charge in [-0.2, -0.15) is 0 Å². The predicted molar refractivity (Wildman–Crippen MR) is 73.0 cm³/mol. The highest BCUT2D eigenvalue weighted by Crippen LogP contribution is 2.27. The van der Waals surface area contributed by atoms with E-state index >= 15 is 0 Å². The molecule has 0 aromatic carbocycles. The van der Waals surface area contributed by atoms with Gasteiger partial charge in [-0.1, -0.05) is 34.6 Å². The average Bonchev–Trinajstić information content (AvgIpc) is 2.28. The predicted octanol–water partition coefficient (Wildman–Crippen LogP) is 2.17. The second kappa shape index (κ2) is 7.34.